The van der Waals surface area contributed by atoms with Crippen molar-refractivity contribution in [3.8, 4) is 11.3 Å². The van der Waals surface area contributed by atoms with Crippen molar-refractivity contribution in [3.63, 3.8) is 0 Å². The fourth-order valence-electron chi connectivity index (χ4n) is 4.88. The maximum Gasteiger partial charge on any atom is 0.417 e. The minimum Gasteiger partial charge on any atom is -0.365 e. The fraction of sp³-hybridized carbons (Fsp3) is 0.333. The Bertz CT molecular complexity index is 1230. The third kappa shape index (κ3) is 4.08. The molecule has 2 aliphatic rings. The number of likely N-dealkylation sites (tertiary alicyclic amines) is 1. The van der Waals surface area contributed by atoms with E-state index in [0.717, 1.165) is 25.1 Å². The maximum absolute atomic E-state index is 14.5. The van der Waals surface area contributed by atoms with E-state index < -0.39 is 17.6 Å². The molecule has 1 amide bonds. The van der Waals surface area contributed by atoms with Crippen LogP contribution in [0.5, 0.6) is 0 Å². The number of nitrogens with one attached hydrogen (secondary N) is 1. The van der Waals surface area contributed by atoms with Crippen LogP contribution in [0.3, 0.4) is 0 Å². The molecule has 0 spiro atoms. The molecule has 34 heavy (non-hydrogen) atoms. The molecule has 5 rings (SSSR count). The summed E-state index contributed by atoms with van der Waals surface area (Å²) in [6.07, 6.45) is -0.653. The topological polar surface area (TPSA) is 71.0 Å². The van der Waals surface area contributed by atoms with E-state index in [9.17, 15) is 22.4 Å². The van der Waals surface area contributed by atoms with Crippen LogP contribution in [0.4, 0.5) is 23.4 Å². The summed E-state index contributed by atoms with van der Waals surface area (Å²) in [5.74, 6) is -0.287. The highest BCUT2D eigenvalue weighted by atomic mass is 19.4. The van der Waals surface area contributed by atoms with Gasteiger partial charge in [0.1, 0.15) is 23.0 Å². The zero-order valence-electron chi connectivity index (χ0n) is 18.2. The molecule has 1 N–H and O–H groups in total. The summed E-state index contributed by atoms with van der Waals surface area (Å²) in [4.78, 5) is 27.7. The fourth-order valence-corrected chi connectivity index (χ4v) is 4.88. The highest BCUT2D eigenvalue weighted by Gasteiger charge is 2.47. The number of pyridine rings is 3. The number of carbonyl (C=O) groups excluding carboxylic acids is 1. The van der Waals surface area contributed by atoms with Crippen LogP contribution in [0.25, 0.3) is 11.3 Å². The van der Waals surface area contributed by atoms with E-state index in [1.165, 1.54) is 24.4 Å². The van der Waals surface area contributed by atoms with Crippen molar-refractivity contribution >= 4 is 11.7 Å². The van der Waals surface area contributed by atoms with Crippen LogP contribution < -0.4 is 5.32 Å². The van der Waals surface area contributed by atoms with Gasteiger partial charge in [-0.2, -0.15) is 13.2 Å². The molecule has 4 heterocycles. The molecule has 6 nitrogen and oxygen atoms in total. The summed E-state index contributed by atoms with van der Waals surface area (Å²) in [6.45, 7) is 2.30. The summed E-state index contributed by atoms with van der Waals surface area (Å²) < 4.78 is 52.9. The van der Waals surface area contributed by atoms with Gasteiger partial charge in [0, 0.05) is 36.2 Å². The van der Waals surface area contributed by atoms with Crippen LogP contribution in [-0.4, -0.2) is 44.4 Å². The number of hydrogen-bond acceptors (Lipinski definition) is 5. The van der Waals surface area contributed by atoms with Crippen LogP contribution >= 0.6 is 0 Å². The molecular formula is C24H21F4N5O. The second-order valence-corrected chi connectivity index (χ2v) is 8.73. The highest BCUT2D eigenvalue weighted by Crippen LogP contribution is 2.40. The van der Waals surface area contributed by atoms with Gasteiger partial charge in [-0.15, -0.1) is 0 Å². The van der Waals surface area contributed by atoms with Gasteiger partial charge in [0.05, 0.1) is 11.6 Å². The predicted molar refractivity (Wildman–Crippen MR) is 116 cm³/mol. The quantitative estimate of drug-likeness (QED) is 0.558. The number of carbonyl (C=O) groups is 1. The number of aryl methyl sites for hydroxylation is 1. The molecule has 1 saturated carbocycles. The molecule has 2 unspecified atom stereocenters. The number of piperidine rings is 1. The van der Waals surface area contributed by atoms with Crippen LogP contribution in [0, 0.1) is 18.7 Å². The van der Waals surface area contributed by atoms with Gasteiger partial charge in [-0.25, -0.2) is 14.4 Å². The standard InChI is InChI=1S/C24H21F4N5O/c1-13-4-6-16(21-17(25)3-2-8-29-21)22(31-13)23(34)33-12-14-9-18(19(33)10-14)32-20-7-5-15(11-30-20)24(26,27)28/h2-8,11,14,18-19H,9-10,12H2,1H3,(H,30,32)/t14?,18-,19?/m0/s1. The molecular weight excluding hydrogens is 450 g/mol. The van der Waals surface area contributed by atoms with Crippen molar-refractivity contribution in [1.29, 1.82) is 0 Å². The normalized spacial score (nSPS) is 21.7. The SMILES string of the molecule is Cc1ccc(-c2ncccc2F)c(C(=O)N2CC3CC2[C@@H](Nc2ccc(C(F)(F)F)cn2)C3)n1. The molecule has 2 fully saturated rings. The van der Waals surface area contributed by atoms with E-state index in [-0.39, 0.29) is 35.3 Å². The summed E-state index contributed by atoms with van der Waals surface area (Å²) in [6, 6.07) is 8.06. The molecule has 0 aromatic carbocycles. The Morgan fingerprint density at radius 1 is 1.12 bits per heavy atom. The van der Waals surface area contributed by atoms with Gasteiger partial charge < -0.3 is 10.2 Å². The van der Waals surface area contributed by atoms with E-state index in [1.54, 1.807) is 24.0 Å². The zero-order valence-corrected chi connectivity index (χ0v) is 18.2. The number of alkyl halides is 3. The highest BCUT2D eigenvalue weighted by molar-refractivity contribution is 5.99. The van der Waals surface area contributed by atoms with Crippen molar-refractivity contribution in [1.82, 2.24) is 19.9 Å². The second-order valence-electron chi connectivity index (χ2n) is 8.73. The first-order valence-electron chi connectivity index (χ1n) is 10.9. The third-order valence-corrected chi connectivity index (χ3v) is 6.42. The summed E-state index contributed by atoms with van der Waals surface area (Å²) in [7, 11) is 0. The molecule has 3 aromatic heterocycles. The Kier molecular flexibility index (Phi) is 5.45. The lowest BCUT2D eigenvalue weighted by Crippen LogP contribution is -2.48. The number of hydrogen-bond donors (Lipinski definition) is 1. The lowest BCUT2D eigenvalue weighted by Gasteiger charge is -2.34. The minimum absolute atomic E-state index is 0.0614. The average Bonchev–Trinajstić information content (AvgIpc) is 3.40. The van der Waals surface area contributed by atoms with E-state index >= 15 is 0 Å². The van der Waals surface area contributed by atoms with Gasteiger partial charge in [-0.3, -0.25) is 9.78 Å². The van der Waals surface area contributed by atoms with Crippen LogP contribution in [0.15, 0.2) is 48.8 Å². The molecule has 1 saturated heterocycles. The maximum atomic E-state index is 14.5. The first-order valence-corrected chi connectivity index (χ1v) is 10.9. The van der Waals surface area contributed by atoms with Crippen LogP contribution in [0.2, 0.25) is 0 Å². The van der Waals surface area contributed by atoms with Gasteiger partial charge in [-0.05, 0) is 62.1 Å². The largest absolute Gasteiger partial charge is 0.417 e. The molecule has 10 heteroatoms. The smallest absolute Gasteiger partial charge is 0.365 e. The van der Waals surface area contributed by atoms with Gasteiger partial charge in [-0.1, -0.05) is 0 Å². The van der Waals surface area contributed by atoms with Crippen LogP contribution in [-0.2, 0) is 6.18 Å². The van der Waals surface area contributed by atoms with Crippen LogP contribution in [0.1, 0.15) is 34.6 Å². The number of aromatic nitrogens is 3. The molecule has 3 aromatic rings. The first-order chi connectivity index (χ1) is 16.2. The molecule has 176 valence electrons. The minimum atomic E-state index is -4.45. The van der Waals surface area contributed by atoms with Crippen molar-refractivity contribution in [2.75, 3.05) is 11.9 Å². The Morgan fingerprint density at radius 2 is 1.94 bits per heavy atom. The summed E-state index contributed by atoms with van der Waals surface area (Å²) in [5, 5.41) is 3.19. The van der Waals surface area contributed by atoms with Gasteiger partial charge in [0.25, 0.3) is 5.91 Å². The molecule has 3 atom stereocenters. The lowest BCUT2D eigenvalue weighted by atomic mass is 10.0. The summed E-state index contributed by atoms with van der Waals surface area (Å²) >= 11 is 0. The number of halogens is 4. The number of anilines is 1. The molecule has 0 radical (unpaired) electrons. The zero-order chi connectivity index (χ0) is 24.0. The average molecular weight is 471 g/mol. The van der Waals surface area contributed by atoms with E-state index in [4.69, 9.17) is 0 Å². The second kappa shape index (κ2) is 8.34. The van der Waals surface area contributed by atoms with Gasteiger partial charge >= 0.3 is 6.18 Å². The van der Waals surface area contributed by atoms with E-state index in [2.05, 4.69) is 20.3 Å². The van der Waals surface area contributed by atoms with Crippen molar-refractivity contribution in [2.24, 2.45) is 5.92 Å². The monoisotopic (exact) mass is 471 g/mol. The number of rotatable bonds is 4. The molecule has 2 bridgehead atoms. The Balaban J connectivity index is 1.39. The third-order valence-electron chi connectivity index (χ3n) is 6.42. The van der Waals surface area contributed by atoms with Gasteiger partial charge in [0.2, 0.25) is 0 Å². The summed E-state index contributed by atoms with van der Waals surface area (Å²) in [5.41, 5.74) is 0.326. The molecule has 1 aliphatic carbocycles. The lowest BCUT2D eigenvalue weighted by molar-refractivity contribution is -0.137. The number of nitrogens with zero attached hydrogens (tertiary/aromatic N) is 4. The first kappa shape index (κ1) is 22.2. The Labute approximate surface area is 193 Å². The number of amides is 1. The Hall–Kier alpha value is -3.56. The van der Waals surface area contributed by atoms with Crippen molar-refractivity contribution in [2.45, 2.75) is 38.0 Å². The van der Waals surface area contributed by atoms with E-state index in [1.807, 2.05) is 0 Å². The number of fused-ring (bicyclic) bond motifs is 2. The van der Waals surface area contributed by atoms with E-state index in [0.29, 0.717) is 23.6 Å². The Morgan fingerprint density at radius 3 is 2.62 bits per heavy atom. The van der Waals surface area contributed by atoms with Crippen molar-refractivity contribution in [3.05, 3.63) is 71.6 Å². The molecule has 1 aliphatic heterocycles. The predicted octanol–water partition coefficient (Wildman–Crippen LogP) is 4.72. The van der Waals surface area contributed by atoms with Crippen molar-refractivity contribution < 1.29 is 22.4 Å². The van der Waals surface area contributed by atoms with Gasteiger partial charge in [0.15, 0.2) is 0 Å².